The number of esters is 1. The summed E-state index contributed by atoms with van der Waals surface area (Å²) in [6.45, 7) is 6.46. The zero-order valence-corrected chi connectivity index (χ0v) is 37.0. The molecule has 0 saturated carbocycles. The fourth-order valence-corrected chi connectivity index (χ4v) is 6.93. The molecule has 326 valence electrons. The molecule has 0 aromatic carbocycles. The topological polar surface area (TPSA) is 99.5 Å². The highest BCUT2D eigenvalue weighted by Gasteiger charge is 2.24. The maximum atomic E-state index is 11.3. The smallest absolute Gasteiger partial charge is 0.305 e. The molecule has 0 aromatic heterocycles. The molecule has 1 saturated heterocycles. The number of aliphatic hydroxyl groups is 3. The average Bonchev–Trinajstić information content (AvgIpc) is 3.59. The molecule has 0 bridgehead atoms. The standard InChI is InChI=1S/2C18H38O.C11H21NO4/c2*1-2-3-4-5-6-7-8-9-10-11-12-13-14-15-16-17-18-19;1-12(2)7-3-4-10(13)15-8-9-5-6-11(14)16-9/h2*19H,2-18H2,1H3;9,11,14H,3-8H2,1-2H3/t;;9?,11-/m..1/s1. The van der Waals surface area contributed by atoms with E-state index < -0.39 is 6.29 Å². The average molecular weight is 772 g/mol. The zero-order valence-electron chi connectivity index (χ0n) is 37.0. The molecule has 0 spiro atoms. The number of carbonyl (C=O) groups excluding carboxylic acids is 1. The lowest BCUT2D eigenvalue weighted by Gasteiger charge is -2.12. The fourth-order valence-electron chi connectivity index (χ4n) is 6.93. The molecule has 1 rings (SSSR count). The maximum Gasteiger partial charge on any atom is 0.305 e. The Kier molecular flexibility index (Phi) is 49.6. The third-order valence-corrected chi connectivity index (χ3v) is 10.5. The van der Waals surface area contributed by atoms with E-state index in [0.717, 1.165) is 32.2 Å². The fraction of sp³-hybridized carbons (Fsp3) is 0.979. The Labute approximate surface area is 337 Å². The van der Waals surface area contributed by atoms with E-state index >= 15 is 0 Å². The summed E-state index contributed by atoms with van der Waals surface area (Å²) >= 11 is 0. The van der Waals surface area contributed by atoms with Crippen molar-refractivity contribution in [2.75, 3.05) is 40.5 Å². The van der Waals surface area contributed by atoms with Crippen molar-refractivity contribution < 1.29 is 29.6 Å². The van der Waals surface area contributed by atoms with Crippen LogP contribution in [0.15, 0.2) is 0 Å². The first-order valence-electron chi connectivity index (χ1n) is 23.8. The van der Waals surface area contributed by atoms with Gasteiger partial charge in [0.2, 0.25) is 0 Å². The Morgan fingerprint density at radius 2 is 0.833 bits per heavy atom. The molecule has 0 amide bonds. The molecular weight excluding hydrogens is 675 g/mol. The van der Waals surface area contributed by atoms with Gasteiger partial charge in [0.25, 0.3) is 0 Å². The first kappa shape index (κ1) is 55.4. The summed E-state index contributed by atoms with van der Waals surface area (Å²) in [4.78, 5) is 13.3. The van der Waals surface area contributed by atoms with E-state index in [4.69, 9.17) is 24.8 Å². The van der Waals surface area contributed by atoms with Gasteiger partial charge in [-0.1, -0.05) is 206 Å². The summed E-state index contributed by atoms with van der Waals surface area (Å²) in [5.74, 6) is -0.188. The third-order valence-electron chi connectivity index (χ3n) is 10.5. The monoisotopic (exact) mass is 772 g/mol. The minimum Gasteiger partial charge on any atom is -0.463 e. The SMILES string of the molecule is CCCCCCCCCCCCCCCCCCO.CCCCCCCCCCCCCCCCCCO.CN(C)CCCC(=O)OCC1CC[C@H](O)O1. The first-order valence-corrected chi connectivity index (χ1v) is 23.8. The van der Waals surface area contributed by atoms with Crippen LogP contribution in [0.3, 0.4) is 0 Å². The highest BCUT2D eigenvalue weighted by Crippen LogP contribution is 2.18. The van der Waals surface area contributed by atoms with Crippen molar-refractivity contribution in [1.29, 1.82) is 0 Å². The molecule has 1 fully saturated rings. The predicted octanol–water partition coefficient (Wildman–Crippen LogP) is 12.8. The molecule has 1 unspecified atom stereocenters. The second-order valence-electron chi connectivity index (χ2n) is 16.4. The van der Waals surface area contributed by atoms with Gasteiger partial charge in [-0.25, -0.2) is 0 Å². The van der Waals surface area contributed by atoms with Gasteiger partial charge in [0.15, 0.2) is 6.29 Å². The largest absolute Gasteiger partial charge is 0.463 e. The summed E-state index contributed by atoms with van der Waals surface area (Å²) < 4.78 is 10.2. The van der Waals surface area contributed by atoms with Crippen LogP contribution in [0.1, 0.15) is 245 Å². The minimum absolute atomic E-state index is 0.132. The second-order valence-corrected chi connectivity index (χ2v) is 16.4. The molecule has 3 N–H and O–H groups in total. The molecule has 0 radical (unpaired) electrons. The van der Waals surface area contributed by atoms with Gasteiger partial charge in [-0.15, -0.1) is 0 Å². The molecule has 1 aliphatic heterocycles. The van der Waals surface area contributed by atoms with E-state index in [1.54, 1.807) is 0 Å². The number of carbonyl (C=O) groups is 1. The lowest BCUT2D eigenvalue weighted by atomic mass is 10.0. The van der Waals surface area contributed by atoms with Gasteiger partial charge in [0.05, 0.1) is 6.10 Å². The Balaban J connectivity index is 0. The number of aliphatic hydroxyl groups excluding tert-OH is 3. The number of hydrogen-bond acceptors (Lipinski definition) is 7. The van der Waals surface area contributed by atoms with Gasteiger partial charge < -0.3 is 29.7 Å². The predicted molar refractivity (Wildman–Crippen MR) is 232 cm³/mol. The zero-order chi connectivity index (χ0) is 40.0. The van der Waals surface area contributed by atoms with Crippen molar-refractivity contribution in [3.8, 4) is 0 Å². The van der Waals surface area contributed by atoms with E-state index in [-0.39, 0.29) is 18.7 Å². The Bertz CT molecular complexity index is 627. The van der Waals surface area contributed by atoms with E-state index in [2.05, 4.69) is 13.8 Å². The summed E-state index contributed by atoms with van der Waals surface area (Å²) in [6, 6.07) is 0. The maximum absolute atomic E-state index is 11.3. The molecule has 2 atom stereocenters. The molecule has 54 heavy (non-hydrogen) atoms. The molecular formula is C47H97NO6. The van der Waals surface area contributed by atoms with Crippen molar-refractivity contribution in [1.82, 2.24) is 4.90 Å². The van der Waals surface area contributed by atoms with Gasteiger partial charge >= 0.3 is 5.97 Å². The summed E-state index contributed by atoms with van der Waals surface area (Å²) in [7, 11) is 3.94. The highest BCUT2D eigenvalue weighted by atomic mass is 16.6. The summed E-state index contributed by atoms with van der Waals surface area (Å²) in [5.41, 5.74) is 0. The molecule has 1 aliphatic rings. The molecule has 1 heterocycles. The van der Waals surface area contributed by atoms with Crippen LogP contribution >= 0.6 is 0 Å². The van der Waals surface area contributed by atoms with E-state index in [1.807, 2.05) is 19.0 Å². The van der Waals surface area contributed by atoms with Gasteiger partial charge in [-0.3, -0.25) is 4.79 Å². The van der Waals surface area contributed by atoms with Crippen molar-refractivity contribution in [3.05, 3.63) is 0 Å². The number of nitrogens with zero attached hydrogens (tertiary/aromatic N) is 1. The lowest BCUT2D eigenvalue weighted by molar-refractivity contribution is -0.152. The molecule has 0 aliphatic carbocycles. The van der Waals surface area contributed by atoms with Gasteiger partial charge in [-0.05, 0) is 46.3 Å². The van der Waals surface area contributed by atoms with Gasteiger partial charge in [0, 0.05) is 26.1 Å². The number of rotatable bonds is 38. The molecule has 7 nitrogen and oxygen atoms in total. The number of hydrogen-bond donors (Lipinski definition) is 3. The summed E-state index contributed by atoms with van der Waals surface area (Å²) in [6.07, 6.45) is 46.2. The first-order chi connectivity index (χ1) is 26.4. The Hall–Kier alpha value is -0.730. The van der Waals surface area contributed by atoms with Gasteiger partial charge in [0.1, 0.15) is 6.61 Å². The van der Waals surface area contributed by atoms with Crippen LogP contribution in [0, 0.1) is 0 Å². The lowest BCUT2D eigenvalue weighted by Crippen LogP contribution is -2.20. The van der Waals surface area contributed by atoms with Crippen LogP contribution in [0.25, 0.3) is 0 Å². The summed E-state index contributed by atoms with van der Waals surface area (Å²) in [5, 5.41) is 26.4. The Morgan fingerprint density at radius 1 is 0.519 bits per heavy atom. The van der Waals surface area contributed by atoms with Crippen LogP contribution in [0.4, 0.5) is 0 Å². The van der Waals surface area contributed by atoms with Crippen molar-refractivity contribution in [2.45, 2.75) is 257 Å². The normalized spacial score (nSPS) is 15.2. The minimum atomic E-state index is -0.683. The van der Waals surface area contributed by atoms with E-state index in [0.29, 0.717) is 26.1 Å². The van der Waals surface area contributed by atoms with Crippen molar-refractivity contribution in [2.24, 2.45) is 0 Å². The van der Waals surface area contributed by atoms with Gasteiger partial charge in [-0.2, -0.15) is 0 Å². The second kappa shape index (κ2) is 48.4. The van der Waals surface area contributed by atoms with Crippen LogP contribution in [0.5, 0.6) is 0 Å². The quantitative estimate of drug-likeness (QED) is 0.0424. The highest BCUT2D eigenvalue weighted by molar-refractivity contribution is 5.69. The molecule has 0 aromatic rings. The number of ether oxygens (including phenoxy) is 2. The van der Waals surface area contributed by atoms with E-state index in [1.165, 1.54) is 193 Å². The van der Waals surface area contributed by atoms with Crippen molar-refractivity contribution in [3.63, 3.8) is 0 Å². The molecule has 7 heteroatoms. The Morgan fingerprint density at radius 3 is 1.09 bits per heavy atom. The van der Waals surface area contributed by atoms with Crippen LogP contribution < -0.4 is 0 Å². The van der Waals surface area contributed by atoms with Crippen LogP contribution in [-0.4, -0.2) is 79.0 Å². The van der Waals surface area contributed by atoms with Crippen molar-refractivity contribution >= 4 is 5.97 Å². The third kappa shape index (κ3) is 49.3. The van der Waals surface area contributed by atoms with E-state index in [9.17, 15) is 4.79 Å². The number of unbranched alkanes of at least 4 members (excludes halogenated alkanes) is 30. The van der Waals surface area contributed by atoms with Crippen LogP contribution in [0.2, 0.25) is 0 Å². The van der Waals surface area contributed by atoms with Crippen LogP contribution in [-0.2, 0) is 14.3 Å².